The van der Waals surface area contributed by atoms with Gasteiger partial charge in [0.15, 0.2) is 6.61 Å². The SMILES string of the molecule is CC[C@H](C)NC(=O)[C@@H](C)N(CCc1ccccc1)C(=O)COc1ccc(C)cc1C. The van der Waals surface area contributed by atoms with Gasteiger partial charge in [-0.2, -0.15) is 0 Å². The van der Waals surface area contributed by atoms with Gasteiger partial charge in [-0.05, 0) is 57.7 Å². The van der Waals surface area contributed by atoms with Gasteiger partial charge in [-0.3, -0.25) is 9.59 Å². The van der Waals surface area contributed by atoms with E-state index in [1.165, 1.54) is 0 Å². The van der Waals surface area contributed by atoms with Gasteiger partial charge in [0.1, 0.15) is 11.8 Å². The Kier molecular flexibility index (Phi) is 8.90. The number of amides is 2. The Bertz CT molecular complexity index is 836. The molecule has 0 radical (unpaired) electrons. The van der Waals surface area contributed by atoms with Crippen molar-refractivity contribution in [2.75, 3.05) is 13.2 Å². The van der Waals surface area contributed by atoms with Crippen LogP contribution in [0.15, 0.2) is 48.5 Å². The molecule has 2 rings (SSSR count). The Morgan fingerprint density at radius 2 is 1.77 bits per heavy atom. The number of nitrogens with zero attached hydrogens (tertiary/aromatic N) is 1. The fraction of sp³-hybridized carbons (Fsp3) is 0.440. The third-order valence-corrected chi connectivity index (χ3v) is 5.33. The third kappa shape index (κ3) is 6.90. The van der Waals surface area contributed by atoms with E-state index in [2.05, 4.69) is 5.32 Å². The summed E-state index contributed by atoms with van der Waals surface area (Å²) in [6.07, 6.45) is 1.52. The van der Waals surface area contributed by atoms with E-state index < -0.39 is 6.04 Å². The zero-order valence-corrected chi connectivity index (χ0v) is 18.8. The number of nitrogens with one attached hydrogen (secondary N) is 1. The van der Waals surface area contributed by atoms with E-state index in [1.54, 1.807) is 11.8 Å². The monoisotopic (exact) mass is 410 g/mol. The number of hydrogen-bond acceptors (Lipinski definition) is 3. The second-order valence-corrected chi connectivity index (χ2v) is 7.87. The molecule has 1 N–H and O–H groups in total. The number of rotatable bonds is 10. The van der Waals surface area contributed by atoms with Gasteiger partial charge in [0, 0.05) is 12.6 Å². The Morgan fingerprint density at radius 3 is 2.40 bits per heavy atom. The van der Waals surface area contributed by atoms with E-state index in [9.17, 15) is 9.59 Å². The van der Waals surface area contributed by atoms with Crippen LogP contribution >= 0.6 is 0 Å². The van der Waals surface area contributed by atoms with Crippen LogP contribution in [0, 0.1) is 13.8 Å². The molecule has 0 fully saturated rings. The maximum Gasteiger partial charge on any atom is 0.261 e. The second-order valence-electron chi connectivity index (χ2n) is 7.87. The minimum atomic E-state index is -0.571. The molecule has 0 bridgehead atoms. The van der Waals surface area contributed by atoms with Crippen LogP contribution in [-0.2, 0) is 16.0 Å². The maximum atomic E-state index is 13.0. The van der Waals surface area contributed by atoms with Gasteiger partial charge in [-0.15, -0.1) is 0 Å². The molecule has 0 aliphatic heterocycles. The molecule has 30 heavy (non-hydrogen) atoms. The van der Waals surface area contributed by atoms with Crippen LogP contribution < -0.4 is 10.1 Å². The molecule has 0 saturated carbocycles. The molecule has 5 nitrogen and oxygen atoms in total. The van der Waals surface area contributed by atoms with E-state index in [4.69, 9.17) is 4.74 Å². The van der Waals surface area contributed by atoms with Gasteiger partial charge in [-0.1, -0.05) is 55.0 Å². The number of carbonyl (C=O) groups is 2. The fourth-order valence-corrected chi connectivity index (χ4v) is 3.22. The molecular weight excluding hydrogens is 376 g/mol. The van der Waals surface area contributed by atoms with Crippen molar-refractivity contribution in [2.45, 2.75) is 59.5 Å². The first-order valence-corrected chi connectivity index (χ1v) is 10.7. The van der Waals surface area contributed by atoms with Crippen LogP contribution in [0.2, 0.25) is 0 Å². The standard InChI is InChI=1S/C25H34N2O3/c1-6-20(4)26-25(29)21(5)27(15-14-22-10-8-7-9-11-22)24(28)17-30-23-13-12-18(2)16-19(23)3/h7-13,16,20-21H,6,14-15,17H2,1-5H3,(H,26,29)/t20-,21+/m0/s1. The number of ether oxygens (including phenoxy) is 1. The highest BCUT2D eigenvalue weighted by molar-refractivity contribution is 5.88. The van der Waals surface area contributed by atoms with Crippen LogP contribution in [0.4, 0.5) is 0 Å². The minimum absolute atomic E-state index is 0.0671. The van der Waals surface area contributed by atoms with Crippen molar-refractivity contribution >= 4 is 11.8 Å². The number of benzene rings is 2. The predicted octanol–water partition coefficient (Wildman–Crippen LogP) is 4.06. The normalized spacial score (nSPS) is 12.7. The Hall–Kier alpha value is -2.82. The van der Waals surface area contributed by atoms with Crippen LogP contribution in [0.25, 0.3) is 0 Å². The average molecular weight is 411 g/mol. The van der Waals surface area contributed by atoms with Gasteiger partial charge >= 0.3 is 0 Å². The number of aryl methyl sites for hydroxylation is 2. The number of hydrogen-bond donors (Lipinski definition) is 1. The Morgan fingerprint density at radius 1 is 1.07 bits per heavy atom. The lowest BCUT2D eigenvalue weighted by atomic mass is 10.1. The van der Waals surface area contributed by atoms with Gasteiger partial charge in [-0.25, -0.2) is 0 Å². The molecule has 0 unspecified atom stereocenters. The quantitative estimate of drug-likeness (QED) is 0.643. The predicted molar refractivity (Wildman–Crippen MR) is 121 cm³/mol. The van der Waals surface area contributed by atoms with Crippen LogP contribution in [0.3, 0.4) is 0 Å². The smallest absolute Gasteiger partial charge is 0.261 e. The molecule has 2 amide bonds. The lowest BCUT2D eigenvalue weighted by molar-refractivity contribution is -0.141. The molecule has 162 valence electrons. The largest absolute Gasteiger partial charge is 0.483 e. The van der Waals surface area contributed by atoms with E-state index >= 15 is 0 Å². The first kappa shape index (κ1) is 23.5. The van der Waals surface area contributed by atoms with Crippen molar-refractivity contribution in [1.29, 1.82) is 0 Å². The summed E-state index contributed by atoms with van der Waals surface area (Å²) in [5.41, 5.74) is 3.26. The van der Waals surface area contributed by atoms with Crippen LogP contribution in [-0.4, -0.2) is 41.9 Å². The molecule has 2 aromatic carbocycles. The molecule has 0 heterocycles. The molecule has 0 aromatic heterocycles. The Labute approximate surface area is 180 Å². The summed E-state index contributed by atoms with van der Waals surface area (Å²) < 4.78 is 5.80. The van der Waals surface area contributed by atoms with E-state index in [1.807, 2.05) is 76.2 Å². The summed E-state index contributed by atoms with van der Waals surface area (Å²) in [7, 11) is 0. The molecule has 2 aromatic rings. The molecule has 0 aliphatic carbocycles. The highest BCUT2D eigenvalue weighted by Crippen LogP contribution is 2.19. The molecular formula is C25H34N2O3. The van der Waals surface area contributed by atoms with E-state index in [0.29, 0.717) is 18.7 Å². The molecule has 5 heteroatoms. The first-order valence-electron chi connectivity index (χ1n) is 10.7. The summed E-state index contributed by atoms with van der Waals surface area (Å²) in [4.78, 5) is 27.3. The first-order chi connectivity index (χ1) is 14.3. The van der Waals surface area contributed by atoms with Gasteiger partial charge < -0.3 is 15.0 Å². The lowest BCUT2D eigenvalue weighted by Crippen LogP contribution is -2.51. The zero-order chi connectivity index (χ0) is 22.1. The summed E-state index contributed by atoms with van der Waals surface area (Å²) in [6, 6.07) is 15.3. The van der Waals surface area contributed by atoms with Gasteiger partial charge in [0.05, 0.1) is 0 Å². The van der Waals surface area contributed by atoms with Crippen molar-refractivity contribution in [3.63, 3.8) is 0 Å². The van der Waals surface area contributed by atoms with Crippen molar-refractivity contribution in [3.05, 3.63) is 65.2 Å². The Balaban J connectivity index is 2.09. The number of carbonyl (C=O) groups excluding carboxylic acids is 2. The van der Waals surface area contributed by atoms with Crippen molar-refractivity contribution < 1.29 is 14.3 Å². The maximum absolute atomic E-state index is 13.0. The van der Waals surface area contributed by atoms with Crippen LogP contribution in [0.5, 0.6) is 5.75 Å². The van der Waals surface area contributed by atoms with Crippen molar-refractivity contribution in [2.24, 2.45) is 0 Å². The zero-order valence-electron chi connectivity index (χ0n) is 18.8. The summed E-state index contributed by atoms with van der Waals surface area (Å²) in [5, 5.41) is 2.98. The molecule has 0 spiro atoms. The van der Waals surface area contributed by atoms with E-state index in [0.717, 1.165) is 23.1 Å². The van der Waals surface area contributed by atoms with Crippen molar-refractivity contribution in [1.82, 2.24) is 10.2 Å². The molecule has 0 saturated heterocycles. The highest BCUT2D eigenvalue weighted by atomic mass is 16.5. The van der Waals surface area contributed by atoms with Crippen LogP contribution in [0.1, 0.15) is 43.9 Å². The van der Waals surface area contributed by atoms with Crippen molar-refractivity contribution in [3.8, 4) is 5.75 Å². The lowest BCUT2D eigenvalue weighted by Gasteiger charge is -2.29. The summed E-state index contributed by atoms with van der Waals surface area (Å²) in [6.45, 7) is 10.1. The molecule has 2 atom stereocenters. The second kappa shape index (κ2) is 11.4. The third-order valence-electron chi connectivity index (χ3n) is 5.33. The van der Waals surface area contributed by atoms with Gasteiger partial charge in [0.2, 0.25) is 5.91 Å². The summed E-state index contributed by atoms with van der Waals surface area (Å²) >= 11 is 0. The minimum Gasteiger partial charge on any atom is -0.483 e. The fourth-order valence-electron chi connectivity index (χ4n) is 3.22. The summed E-state index contributed by atoms with van der Waals surface area (Å²) in [5.74, 6) is 0.351. The van der Waals surface area contributed by atoms with Gasteiger partial charge in [0.25, 0.3) is 5.91 Å². The average Bonchev–Trinajstić information content (AvgIpc) is 2.73. The van der Waals surface area contributed by atoms with E-state index in [-0.39, 0.29) is 24.5 Å². The topological polar surface area (TPSA) is 58.6 Å². The molecule has 0 aliphatic rings. The highest BCUT2D eigenvalue weighted by Gasteiger charge is 2.26.